The molecule has 0 atom stereocenters. The SMILES string of the molecule is CCN1CCN(C=O)CC1.CCc1nccc(-c2ccc(O)c(OC)c2)c1C#Cc1ccc(N)nc1. The standard InChI is InChI=1S/C21H19N3O2.C7H14N2O/c1-3-18-17(7-4-14-5-9-21(22)24-13-14)16(10-11-23-18)15-6-8-19(25)20(12-15)26-2;1-2-8-3-5-9(7-10)6-4-8/h5-6,8-13,25H,3H2,1-2H3,(H2,22,24);7H,2-6H2,1H3. The fourth-order valence-corrected chi connectivity index (χ4v) is 3.80. The van der Waals surface area contributed by atoms with Crippen molar-refractivity contribution in [3.05, 3.63) is 65.6 Å². The molecule has 0 unspecified atom stereocenters. The molecule has 8 heteroatoms. The topological polar surface area (TPSA) is 105 Å². The molecule has 1 saturated heterocycles. The first-order chi connectivity index (χ1) is 17.5. The molecular formula is C28H33N5O3. The third-order valence-electron chi connectivity index (χ3n) is 5.98. The summed E-state index contributed by atoms with van der Waals surface area (Å²) in [5.74, 6) is 7.32. The predicted octanol–water partition coefficient (Wildman–Crippen LogP) is 3.18. The highest BCUT2D eigenvalue weighted by Gasteiger charge is 2.13. The zero-order valence-electron chi connectivity index (χ0n) is 21.1. The number of ether oxygens (including phenoxy) is 1. The third-order valence-corrected chi connectivity index (χ3v) is 5.98. The lowest BCUT2D eigenvalue weighted by molar-refractivity contribution is -0.119. The fraction of sp³-hybridized carbons (Fsp3) is 0.321. The van der Waals surface area contributed by atoms with Crippen LogP contribution in [0.4, 0.5) is 5.82 Å². The van der Waals surface area contributed by atoms with Gasteiger partial charge in [-0.25, -0.2) is 4.98 Å². The van der Waals surface area contributed by atoms with Crippen molar-refractivity contribution in [1.29, 1.82) is 0 Å². The Balaban J connectivity index is 0.000000303. The first-order valence-electron chi connectivity index (χ1n) is 12.0. The number of aromatic nitrogens is 2. The number of hydrogen-bond donors (Lipinski definition) is 2. The van der Waals surface area contributed by atoms with E-state index in [-0.39, 0.29) is 5.75 Å². The number of anilines is 1. The highest BCUT2D eigenvalue weighted by atomic mass is 16.5. The number of pyridine rings is 2. The molecule has 1 amide bonds. The summed E-state index contributed by atoms with van der Waals surface area (Å²) in [4.78, 5) is 22.9. The second-order valence-corrected chi connectivity index (χ2v) is 8.22. The summed E-state index contributed by atoms with van der Waals surface area (Å²) >= 11 is 0. The monoisotopic (exact) mass is 487 g/mol. The van der Waals surface area contributed by atoms with Crippen molar-refractivity contribution in [3.8, 4) is 34.5 Å². The van der Waals surface area contributed by atoms with Gasteiger partial charge >= 0.3 is 0 Å². The smallest absolute Gasteiger partial charge is 0.209 e. The Morgan fingerprint density at radius 2 is 1.86 bits per heavy atom. The number of amides is 1. The predicted molar refractivity (Wildman–Crippen MR) is 142 cm³/mol. The zero-order valence-corrected chi connectivity index (χ0v) is 21.1. The molecule has 3 aromatic rings. The van der Waals surface area contributed by atoms with Gasteiger partial charge in [-0.3, -0.25) is 9.78 Å². The average Bonchev–Trinajstić information content (AvgIpc) is 2.93. The lowest BCUT2D eigenvalue weighted by Crippen LogP contribution is -2.45. The molecule has 0 aliphatic carbocycles. The Bertz CT molecular complexity index is 1210. The Kier molecular flexibility index (Phi) is 9.66. The molecule has 1 aliphatic rings. The van der Waals surface area contributed by atoms with E-state index in [1.165, 1.54) is 7.11 Å². The first-order valence-corrected chi connectivity index (χ1v) is 12.0. The second-order valence-electron chi connectivity index (χ2n) is 8.22. The van der Waals surface area contributed by atoms with Crippen LogP contribution >= 0.6 is 0 Å². The molecule has 4 rings (SSSR count). The highest BCUT2D eigenvalue weighted by molar-refractivity contribution is 5.74. The van der Waals surface area contributed by atoms with E-state index in [1.807, 2.05) is 30.0 Å². The van der Waals surface area contributed by atoms with Crippen molar-refractivity contribution < 1.29 is 14.6 Å². The van der Waals surface area contributed by atoms with Crippen LogP contribution in [0.2, 0.25) is 0 Å². The van der Waals surface area contributed by atoms with Crippen molar-refractivity contribution >= 4 is 12.2 Å². The highest BCUT2D eigenvalue weighted by Crippen LogP contribution is 2.33. The number of benzene rings is 1. The number of aromatic hydroxyl groups is 1. The van der Waals surface area contributed by atoms with Gasteiger partial charge < -0.3 is 25.4 Å². The molecule has 3 N–H and O–H groups in total. The summed E-state index contributed by atoms with van der Waals surface area (Å²) in [6.45, 7) is 9.17. The number of phenolic OH excluding ortho intramolecular Hbond substituents is 1. The Morgan fingerprint density at radius 3 is 2.47 bits per heavy atom. The van der Waals surface area contributed by atoms with E-state index in [2.05, 4.69) is 33.6 Å². The van der Waals surface area contributed by atoms with Crippen molar-refractivity contribution in [2.24, 2.45) is 0 Å². The van der Waals surface area contributed by atoms with Crippen LogP contribution in [0, 0.1) is 11.8 Å². The van der Waals surface area contributed by atoms with Crippen LogP contribution in [0.5, 0.6) is 11.5 Å². The van der Waals surface area contributed by atoms with Crippen LogP contribution in [0.15, 0.2) is 48.8 Å². The van der Waals surface area contributed by atoms with E-state index in [4.69, 9.17) is 10.5 Å². The second kappa shape index (κ2) is 13.1. The van der Waals surface area contributed by atoms with Gasteiger partial charge in [0, 0.05) is 49.7 Å². The van der Waals surface area contributed by atoms with Crippen molar-refractivity contribution in [2.75, 3.05) is 45.6 Å². The van der Waals surface area contributed by atoms with Gasteiger partial charge in [-0.15, -0.1) is 0 Å². The number of methoxy groups -OCH3 is 1. The van der Waals surface area contributed by atoms with Crippen LogP contribution in [0.3, 0.4) is 0 Å². The molecule has 3 heterocycles. The normalized spacial score (nSPS) is 13.1. The molecule has 36 heavy (non-hydrogen) atoms. The summed E-state index contributed by atoms with van der Waals surface area (Å²) < 4.78 is 5.22. The molecule has 1 fully saturated rings. The molecule has 0 radical (unpaired) electrons. The number of nitrogens with zero attached hydrogens (tertiary/aromatic N) is 4. The Hall–Kier alpha value is -4.09. The first kappa shape index (κ1) is 26.5. The molecule has 8 nitrogen and oxygen atoms in total. The van der Waals surface area contributed by atoms with Crippen molar-refractivity contribution in [2.45, 2.75) is 20.3 Å². The Labute approximate surface area is 212 Å². The number of carbonyl (C=O) groups excluding carboxylic acids is 1. The molecule has 2 aromatic heterocycles. The van der Waals surface area contributed by atoms with E-state index >= 15 is 0 Å². The van der Waals surface area contributed by atoms with Crippen LogP contribution < -0.4 is 10.5 Å². The largest absolute Gasteiger partial charge is 0.504 e. The molecule has 0 saturated carbocycles. The summed E-state index contributed by atoms with van der Waals surface area (Å²) in [7, 11) is 1.53. The van der Waals surface area contributed by atoms with Gasteiger partial charge in [-0.2, -0.15) is 0 Å². The average molecular weight is 488 g/mol. The third kappa shape index (κ3) is 6.96. The summed E-state index contributed by atoms with van der Waals surface area (Å²) in [5.41, 5.74) is 9.99. The van der Waals surface area contributed by atoms with Gasteiger partial charge in [-0.05, 0) is 48.9 Å². The summed E-state index contributed by atoms with van der Waals surface area (Å²) in [6, 6.07) is 10.7. The van der Waals surface area contributed by atoms with Crippen molar-refractivity contribution in [1.82, 2.24) is 19.8 Å². The zero-order chi connectivity index (χ0) is 25.9. The number of nitrogen functional groups attached to an aromatic ring is 1. The van der Waals surface area contributed by atoms with E-state index in [0.717, 1.165) is 73.5 Å². The molecule has 0 spiro atoms. The molecule has 0 bridgehead atoms. The van der Waals surface area contributed by atoms with Gasteiger partial charge in [0.15, 0.2) is 11.5 Å². The number of nitrogens with two attached hydrogens (primary N) is 1. The minimum absolute atomic E-state index is 0.0987. The van der Waals surface area contributed by atoms with Gasteiger partial charge in [0.2, 0.25) is 6.41 Å². The lowest BCUT2D eigenvalue weighted by atomic mass is 9.97. The number of carbonyl (C=O) groups is 1. The number of likely N-dealkylation sites (N-methyl/N-ethyl adjacent to an activating group) is 1. The number of rotatable bonds is 5. The van der Waals surface area contributed by atoms with E-state index < -0.39 is 0 Å². The fourth-order valence-electron chi connectivity index (χ4n) is 3.80. The summed E-state index contributed by atoms with van der Waals surface area (Å²) in [6.07, 6.45) is 5.11. The molecule has 1 aliphatic heterocycles. The molecule has 1 aromatic carbocycles. The number of phenols is 1. The summed E-state index contributed by atoms with van der Waals surface area (Å²) in [5, 5.41) is 9.84. The van der Waals surface area contributed by atoms with Crippen LogP contribution in [-0.2, 0) is 11.2 Å². The van der Waals surface area contributed by atoms with Crippen LogP contribution in [0.25, 0.3) is 11.1 Å². The van der Waals surface area contributed by atoms with Crippen LogP contribution in [-0.4, -0.2) is 71.1 Å². The van der Waals surface area contributed by atoms with Gasteiger partial charge in [0.25, 0.3) is 0 Å². The lowest BCUT2D eigenvalue weighted by Gasteiger charge is -2.31. The van der Waals surface area contributed by atoms with Crippen molar-refractivity contribution in [3.63, 3.8) is 0 Å². The van der Waals surface area contributed by atoms with E-state index in [9.17, 15) is 9.90 Å². The maximum Gasteiger partial charge on any atom is 0.209 e. The molecule has 188 valence electrons. The number of piperazine rings is 1. The minimum Gasteiger partial charge on any atom is -0.504 e. The number of aryl methyl sites for hydroxylation is 1. The Morgan fingerprint density at radius 1 is 1.08 bits per heavy atom. The maximum atomic E-state index is 10.3. The van der Waals surface area contributed by atoms with Gasteiger partial charge in [-0.1, -0.05) is 31.8 Å². The van der Waals surface area contributed by atoms with Gasteiger partial charge in [0.05, 0.1) is 18.4 Å². The number of hydrogen-bond acceptors (Lipinski definition) is 7. The maximum absolute atomic E-state index is 10.3. The molecular weight excluding hydrogens is 454 g/mol. The minimum atomic E-state index is 0.0987. The van der Waals surface area contributed by atoms with Crippen LogP contribution in [0.1, 0.15) is 30.7 Å². The quantitative estimate of drug-likeness (QED) is 0.421. The van der Waals surface area contributed by atoms with E-state index in [0.29, 0.717) is 11.6 Å². The van der Waals surface area contributed by atoms with E-state index in [1.54, 1.807) is 30.6 Å². The van der Waals surface area contributed by atoms with Gasteiger partial charge in [0.1, 0.15) is 5.82 Å².